The van der Waals surface area contributed by atoms with Crippen LogP contribution in [0, 0.1) is 11.3 Å². The van der Waals surface area contributed by atoms with Crippen molar-refractivity contribution < 1.29 is 9.53 Å². The minimum Gasteiger partial charge on any atom is -0.459 e. The predicted octanol–water partition coefficient (Wildman–Crippen LogP) is 2.13. The van der Waals surface area contributed by atoms with E-state index in [4.69, 9.17) is 4.74 Å². The van der Waals surface area contributed by atoms with Crippen molar-refractivity contribution >= 4 is 5.97 Å². The van der Waals surface area contributed by atoms with Crippen molar-refractivity contribution in [3.05, 3.63) is 0 Å². The number of carbonyl (C=O) groups is 1. The summed E-state index contributed by atoms with van der Waals surface area (Å²) < 4.78 is 5.45. The number of hydrogen-bond donors (Lipinski definition) is 0. The molecule has 2 nitrogen and oxygen atoms in total. The van der Waals surface area contributed by atoms with Crippen LogP contribution in [0.25, 0.3) is 0 Å². The minimum atomic E-state index is -0.165. The van der Waals surface area contributed by atoms with Crippen LogP contribution in [-0.4, -0.2) is 11.6 Å². The molecule has 0 aromatic carbocycles. The lowest BCUT2D eigenvalue weighted by molar-refractivity contribution is -0.153. The van der Waals surface area contributed by atoms with Gasteiger partial charge in [0.2, 0.25) is 0 Å². The zero-order valence-corrected chi connectivity index (χ0v) is 8.02. The highest BCUT2D eigenvalue weighted by molar-refractivity contribution is 5.79. The van der Waals surface area contributed by atoms with E-state index in [1.165, 1.54) is 0 Å². The summed E-state index contributed by atoms with van der Waals surface area (Å²) in [7, 11) is 0. The smallest absolute Gasteiger partial charge is 0.312 e. The second-order valence-corrected chi connectivity index (χ2v) is 4.88. The van der Waals surface area contributed by atoms with Crippen molar-refractivity contribution in [1.82, 2.24) is 0 Å². The van der Waals surface area contributed by atoms with Crippen LogP contribution in [0.1, 0.15) is 40.0 Å². The standard InChI is InChI=1S/C10H16O2/c1-7-4-5-9(2)6-10(7,3)12-8(9)11/h7H,4-6H2,1-3H3. The number of ether oxygens (including phenoxy) is 1. The van der Waals surface area contributed by atoms with Gasteiger partial charge in [0.1, 0.15) is 5.60 Å². The first kappa shape index (κ1) is 8.09. The molecule has 2 heteroatoms. The van der Waals surface area contributed by atoms with Gasteiger partial charge < -0.3 is 4.74 Å². The molecule has 2 bridgehead atoms. The van der Waals surface area contributed by atoms with E-state index in [1.807, 2.05) is 6.92 Å². The Bertz CT molecular complexity index is 236. The molecule has 0 N–H and O–H groups in total. The van der Waals surface area contributed by atoms with Gasteiger partial charge in [-0.25, -0.2) is 0 Å². The first-order valence-electron chi connectivity index (χ1n) is 4.70. The van der Waals surface area contributed by atoms with Crippen molar-refractivity contribution in [3.63, 3.8) is 0 Å². The molecule has 12 heavy (non-hydrogen) atoms. The Morgan fingerprint density at radius 1 is 1.50 bits per heavy atom. The van der Waals surface area contributed by atoms with E-state index in [1.54, 1.807) is 0 Å². The molecule has 1 saturated heterocycles. The molecule has 68 valence electrons. The largest absolute Gasteiger partial charge is 0.459 e. The zero-order valence-electron chi connectivity index (χ0n) is 8.02. The summed E-state index contributed by atoms with van der Waals surface area (Å²) in [5.74, 6) is 0.548. The van der Waals surface area contributed by atoms with Crippen LogP contribution in [0.5, 0.6) is 0 Å². The fraction of sp³-hybridized carbons (Fsp3) is 0.900. The van der Waals surface area contributed by atoms with E-state index in [0.717, 1.165) is 19.3 Å². The molecule has 3 unspecified atom stereocenters. The van der Waals surface area contributed by atoms with E-state index in [9.17, 15) is 4.79 Å². The van der Waals surface area contributed by atoms with Gasteiger partial charge in [-0.05, 0) is 32.6 Å². The fourth-order valence-electron chi connectivity index (χ4n) is 2.52. The molecule has 2 aliphatic rings. The van der Waals surface area contributed by atoms with Gasteiger partial charge in [-0.3, -0.25) is 4.79 Å². The number of rotatable bonds is 0. The lowest BCUT2D eigenvalue weighted by atomic mass is 9.67. The van der Waals surface area contributed by atoms with Crippen LogP contribution in [-0.2, 0) is 9.53 Å². The monoisotopic (exact) mass is 168 g/mol. The third kappa shape index (κ3) is 0.838. The van der Waals surface area contributed by atoms with E-state index in [-0.39, 0.29) is 17.0 Å². The molecule has 2 fully saturated rings. The lowest BCUT2D eigenvalue weighted by Crippen LogP contribution is -2.37. The van der Waals surface area contributed by atoms with E-state index in [2.05, 4.69) is 13.8 Å². The molecule has 2 rings (SSSR count). The molecule has 1 heterocycles. The molecule has 1 aliphatic carbocycles. The molecule has 0 spiro atoms. The summed E-state index contributed by atoms with van der Waals surface area (Å²) in [6.07, 6.45) is 3.04. The van der Waals surface area contributed by atoms with Gasteiger partial charge in [-0.2, -0.15) is 0 Å². The summed E-state index contributed by atoms with van der Waals surface area (Å²) in [5, 5.41) is 0. The molecule has 0 aromatic rings. The summed E-state index contributed by atoms with van der Waals surface area (Å²) in [4.78, 5) is 11.5. The molecule has 0 amide bonds. The van der Waals surface area contributed by atoms with Crippen molar-refractivity contribution in [2.45, 2.75) is 45.6 Å². The van der Waals surface area contributed by atoms with Gasteiger partial charge in [0, 0.05) is 6.42 Å². The van der Waals surface area contributed by atoms with Crippen LogP contribution < -0.4 is 0 Å². The van der Waals surface area contributed by atoms with E-state index >= 15 is 0 Å². The summed E-state index contributed by atoms with van der Waals surface area (Å²) >= 11 is 0. The van der Waals surface area contributed by atoms with Gasteiger partial charge in [0.05, 0.1) is 5.41 Å². The second-order valence-electron chi connectivity index (χ2n) is 4.88. The molecular weight excluding hydrogens is 152 g/mol. The summed E-state index contributed by atoms with van der Waals surface area (Å²) in [6, 6.07) is 0. The number of carbonyl (C=O) groups excluding carboxylic acids is 1. The quantitative estimate of drug-likeness (QED) is 0.518. The SMILES string of the molecule is CC1CCC2(C)CC1(C)OC2=O. The van der Waals surface area contributed by atoms with Crippen molar-refractivity contribution in [3.8, 4) is 0 Å². The summed E-state index contributed by atoms with van der Waals surface area (Å²) in [6.45, 7) is 6.28. The number of esters is 1. The van der Waals surface area contributed by atoms with Crippen molar-refractivity contribution in [2.24, 2.45) is 11.3 Å². The normalized spacial score (nSPS) is 52.2. The Kier molecular flexibility index (Phi) is 1.37. The maximum Gasteiger partial charge on any atom is 0.312 e. The van der Waals surface area contributed by atoms with Crippen LogP contribution in [0.4, 0.5) is 0 Å². The van der Waals surface area contributed by atoms with Gasteiger partial charge in [-0.1, -0.05) is 6.92 Å². The molecule has 1 saturated carbocycles. The Balaban J connectivity index is 2.34. The third-order valence-electron chi connectivity index (χ3n) is 3.73. The maximum absolute atomic E-state index is 11.5. The lowest BCUT2D eigenvalue weighted by Gasteiger charge is -2.35. The molecule has 1 aliphatic heterocycles. The Labute approximate surface area is 73.3 Å². The maximum atomic E-state index is 11.5. The van der Waals surface area contributed by atoms with Gasteiger partial charge in [0.15, 0.2) is 0 Å². The second kappa shape index (κ2) is 2.04. The zero-order chi connectivity index (χ0) is 8.98. The first-order valence-corrected chi connectivity index (χ1v) is 4.70. The van der Waals surface area contributed by atoms with Crippen molar-refractivity contribution in [2.75, 3.05) is 0 Å². The number of fused-ring (bicyclic) bond motifs is 2. The Hall–Kier alpha value is -0.530. The van der Waals surface area contributed by atoms with E-state index < -0.39 is 0 Å². The average Bonchev–Trinajstić information content (AvgIpc) is 2.15. The molecule has 0 radical (unpaired) electrons. The fourth-order valence-corrected chi connectivity index (χ4v) is 2.52. The molecular formula is C10H16O2. The van der Waals surface area contributed by atoms with Crippen LogP contribution in [0.3, 0.4) is 0 Å². The van der Waals surface area contributed by atoms with Gasteiger partial charge >= 0.3 is 5.97 Å². The topological polar surface area (TPSA) is 26.3 Å². The van der Waals surface area contributed by atoms with Crippen LogP contribution in [0.15, 0.2) is 0 Å². The highest BCUT2D eigenvalue weighted by Crippen LogP contribution is 2.52. The number of hydrogen-bond acceptors (Lipinski definition) is 2. The third-order valence-corrected chi connectivity index (χ3v) is 3.73. The van der Waals surface area contributed by atoms with Gasteiger partial charge in [-0.15, -0.1) is 0 Å². The molecule has 3 atom stereocenters. The minimum absolute atomic E-state index is 0.0225. The Morgan fingerprint density at radius 2 is 2.17 bits per heavy atom. The van der Waals surface area contributed by atoms with E-state index in [0.29, 0.717) is 5.92 Å². The Morgan fingerprint density at radius 3 is 2.75 bits per heavy atom. The predicted molar refractivity (Wildman–Crippen MR) is 45.6 cm³/mol. The average molecular weight is 168 g/mol. The van der Waals surface area contributed by atoms with Crippen LogP contribution >= 0.6 is 0 Å². The summed E-state index contributed by atoms with van der Waals surface area (Å²) in [5.41, 5.74) is -0.328. The highest BCUT2D eigenvalue weighted by Gasteiger charge is 2.57. The van der Waals surface area contributed by atoms with Crippen molar-refractivity contribution in [1.29, 1.82) is 0 Å². The van der Waals surface area contributed by atoms with Crippen LogP contribution in [0.2, 0.25) is 0 Å². The molecule has 0 aromatic heterocycles. The highest BCUT2D eigenvalue weighted by atomic mass is 16.6. The van der Waals surface area contributed by atoms with Gasteiger partial charge in [0.25, 0.3) is 0 Å². The first-order chi connectivity index (χ1) is 5.46.